The van der Waals surface area contributed by atoms with Gasteiger partial charge in [0.25, 0.3) is 0 Å². The molecule has 2 aliphatic heterocycles. The Morgan fingerprint density at radius 1 is 1.24 bits per heavy atom. The van der Waals surface area contributed by atoms with E-state index in [9.17, 15) is 13.2 Å². The number of alkyl halides is 3. The second kappa shape index (κ2) is 8.57. The third-order valence-corrected chi connectivity index (χ3v) is 6.47. The van der Waals surface area contributed by atoms with Gasteiger partial charge in [-0.3, -0.25) is 0 Å². The summed E-state index contributed by atoms with van der Waals surface area (Å²) in [7, 11) is 0. The van der Waals surface area contributed by atoms with Crippen LogP contribution >= 0.6 is 11.6 Å². The van der Waals surface area contributed by atoms with Crippen LogP contribution in [-0.2, 0) is 19.0 Å². The highest BCUT2D eigenvalue weighted by Gasteiger charge is 2.36. The molecule has 0 saturated carbocycles. The van der Waals surface area contributed by atoms with Gasteiger partial charge in [-0.1, -0.05) is 16.8 Å². The van der Waals surface area contributed by atoms with Crippen molar-refractivity contribution in [1.29, 1.82) is 0 Å². The maximum atomic E-state index is 13.7. The molecule has 4 heterocycles. The summed E-state index contributed by atoms with van der Waals surface area (Å²) in [6.45, 7) is 4.17. The van der Waals surface area contributed by atoms with Gasteiger partial charge in [0.15, 0.2) is 0 Å². The van der Waals surface area contributed by atoms with Crippen molar-refractivity contribution in [3.8, 4) is 11.5 Å². The maximum absolute atomic E-state index is 13.7. The van der Waals surface area contributed by atoms with Gasteiger partial charge < -0.3 is 14.7 Å². The number of fused-ring (bicyclic) bond motifs is 1. The lowest BCUT2D eigenvalue weighted by atomic mass is 9.96. The summed E-state index contributed by atoms with van der Waals surface area (Å²) in [6, 6.07) is 4.90. The fourth-order valence-corrected chi connectivity index (χ4v) is 4.55. The van der Waals surface area contributed by atoms with Crippen molar-refractivity contribution in [2.45, 2.75) is 38.4 Å². The molecule has 0 unspecified atom stereocenters. The monoisotopic (exact) mass is 478 g/mol. The van der Waals surface area contributed by atoms with Gasteiger partial charge in [0.2, 0.25) is 11.7 Å². The van der Waals surface area contributed by atoms with Crippen LogP contribution in [0.3, 0.4) is 0 Å². The van der Waals surface area contributed by atoms with Crippen LogP contribution in [0.2, 0.25) is 5.02 Å². The predicted molar refractivity (Wildman–Crippen MR) is 116 cm³/mol. The molecule has 0 radical (unpaired) electrons. The third-order valence-electron chi connectivity index (χ3n) is 6.23. The first-order chi connectivity index (χ1) is 15.8. The van der Waals surface area contributed by atoms with Crippen molar-refractivity contribution in [3.05, 3.63) is 52.0 Å². The van der Waals surface area contributed by atoms with Gasteiger partial charge in [-0.15, -0.1) is 5.10 Å². The van der Waals surface area contributed by atoms with Crippen LogP contribution in [-0.4, -0.2) is 40.0 Å². The first-order valence-electron chi connectivity index (χ1n) is 10.8. The van der Waals surface area contributed by atoms with Gasteiger partial charge in [-0.25, -0.2) is 0 Å². The van der Waals surface area contributed by atoms with E-state index in [-0.39, 0.29) is 10.6 Å². The van der Waals surface area contributed by atoms with Gasteiger partial charge in [0.05, 0.1) is 23.0 Å². The molecular weight excluding hydrogens is 457 g/mol. The summed E-state index contributed by atoms with van der Waals surface area (Å²) < 4.78 is 46.5. The molecule has 0 aliphatic carbocycles. The third kappa shape index (κ3) is 4.41. The van der Waals surface area contributed by atoms with E-state index in [0.717, 1.165) is 37.0 Å². The second-order valence-corrected chi connectivity index (χ2v) is 8.94. The lowest BCUT2D eigenvalue weighted by Crippen LogP contribution is -2.43. The van der Waals surface area contributed by atoms with Crippen LogP contribution in [0.5, 0.6) is 0 Å². The number of aryl methyl sites for hydroxylation is 1. The highest BCUT2D eigenvalue weighted by Crippen LogP contribution is 2.41. The Kier molecular flexibility index (Phi) is 5.74. The van der Waals surface area contributed by atoms with E-state index >= 15 is 0 Å². The Morgan fingerprint density at radius 2 is 2.06 bits per heavy atom. The van der Waals surface area contributed by atoms with Crippen LogP contribution in [0, 0.1) is 5.92 Å². The van der Waals surface area contributed by atoms with Crippen molar-refractivity contribution in [1.82, 2.24) is 25.7 Å². The lowest BCUT2D eigenvalue weighted by molar-refractivity contribution is -0.138. The van der Waals surface area contributed by atoms with Crippen LogP contribution in [0.15, 0.2) is 28.8 Å². The Bertz CT molecular complexity index is 1160. The standard InChI is InChI=1S/C22H22ClF3N6O/c1-12(15-8-14(23)4-5-16(15)22(24,25)26)32-6-2-3-17-19(32)9-18(30-29-17)21-28-20(33-31-21)7-13-10-27-11-13/h4-5,8-9,12-13,27H,2-3,6-7,10-11H2,1H3/t12-/m1/s1. The molecule has 2 aliphatic rings. The van der Waals surface area contributed by atoms with Gasteiger partial charge >= 0.3 is 6.18 Å². The normalized spacial score (nSPS) is 17.5. The fourth-order valence-electron chi connectivity index (χ4n) is 4.37. The minimum absolute atomic E-state index is 0.122. The summed E-state index contributed by atoms with van der Waals surface area (Å²) in [4.78, 5) is 6.36. The lowest BCUT2D eigenvalue weighted by Gasteiger charge is -2.36. The number of hydrogen-bond acceptors (Lipinski definition) is 7. The zero-order valence-corrected chi connectivity index (χ0v) is 18.6. The molecule has 1 fully saturated rings. The highest BCUT2D eigenvalue weighted by molar-refractivity contribution is 6.30. The van der Waals surface area contributed by atoms with E-state index in [0.29, 0.717) is 42.7 Å². The van der Waals surface area contributed by atoms with Gasteiger partial charge in [-0.2, -0.15) is 23.3 Å². The van der Waals surface area contributed by atoms with Crippen molar-refractivity contribution in [2.24, 2.45) is 5.92 Å². The number of nitrogens with one attached hydrogen (secondary N) is 1. The Labute approximate surface area is 193 Å². The van der Waals surface area contributed by atoms with Crippen molar-refractivity contribution >= 4 is 17.3 Å². The summed E-state index contributed by atoms with van der Waals surface area (Å²) in [5.41, 5.74) is 1.31. The largest absolute Gasteiger partial charge is 0.416 e. The second-order valence-electron chi connectivity index (χ2n) is 8.50. The molecule has 5 rings (SSSR count). The number of nitrogens with zero attached hydrogens (tertiary/aromatic N) is 5. The number of aromatic nitrogens is 4. The molecule has 174 valence electrons. The SMILES string of the molecule is C[C@H](c1cc(Cl)ccc1C(F)(F)F)N1CCCc2nnc(-c3noc(CC4CNC4)n3)cc21. The first-order valence-corrected chi connectivity index (χ1v) is 11.2. The number of rotatable bonds is 5. The van der Waals surface area contributed by atoms with Gasteiger partial charge in [0.1, 0.15) is 5.69 Å². The summed E-state index contributed by atoms with van der Waals surface area (Å²) in [6.07, 6.45) is -2.34. The van der Waals surface area contributed by atoms with E-state index in [1.807, 2.05) is 4.90 Å². The molecule has 0 bridgehead atoms. The molecule has 1 aromatic carbocycles. The van der Waals surface area contributed by atoms with Crippen LogP contribution in [0.1, 0.15) is 42.1 Å². The van der Waals surface area contributed by atoms with E-state index in [1.54, 1.807) is 13.0 Å². The van der Waals surface area contributed by atoms with E-state index < -0.39 is 17.8 Å². The molecule has 1 atom stereocenters. The number of halogens is 4. The molecule has 0 spiro atoms. The van der Waals surface area contributed by atoms with Gasteiger partial charge in [-0.05, 0) is 68.6 Å². The molecule has 1 saturated heterocycles. The molecule has 2 aromatic heterocycles. The zero-order valence-electron chi connectivity index (χ0n) is 17.9. The number of hydrogen-bond donors (Lipinski definition) is 1. The zero-order chi connectivity index (χ0) is 23.2. The summed E-state index contributed by atoms with van der Waals surface area (Å²) in [5, 5.41) is 16.1. The van der Waals surface area contributed by atoms with Crippen molar-refractivity contribution < 1.29 is 17.7 Å². The van der Waals surface area contributed by atoms with E-state index in [2.05, 4.69) is 25.7 Å². The molecular formula is C22H22ClF3N6O. The Morgan fingerprint density at radius 3 is 2.79 bits per heavy atom. The van der Waals surface area contributed by atoms with Crippen LogP contribution < -0.4 is 10.2 Å². The maximum Gasteiger partial charge on any atom is 0.416 e. The number of benzene rings is 1. The topological polar surface area (TPSA) is 80.0 Å². The highest BCUT2D eigenvalue weighted by atomic mass is 35.5. The van der Waals surface area contributed by atoms with Crippen LogP contribution in [0.4, 0.5) is 18.9 Å². The molecule has 33 heavy (non-hydrogen) atoms. The minimum atomic E-state index is -4.48. The quantitative estimate of drug-likeness (QED) is 0.579. The minimum Gasteiger partial charge on any atom is -0.363 e. The molecule has 0 amide bonds. The predicted octanol–water partition coefficient (Wildman–Crippen LogP) is 4.47. The van der Waals surface area contributed by atoms with Crippen molar-refractivity contribution in [3.63, 3.8) is 0 Å². The first kappa shape index (κ1) is 22.1. The van der Waals surface area contributed by atoms with Gasteiger partial charge in [0, 0.05) is 18.0 Å². The molecule has 3 aromatic rings. The Hall–Kier alpha value is -2.72. The van der Waals surface area contributed by atoms with E-state index in [4.69, 9.17) is 16.1 Å². The molecule has 1 N–H and O–H groups in total. The van der Waals surface area contributed by atoms with E-state index in [1.165, 1.54) is 12.1 Å². The average molecular weight is 479 g/mol. The smallest absolute Gasteiger partial charge is 0.363 e. The Balaban J connectivity index is 1.47. The van der Waals surface area contributed by atoms with Crippen molar-refractivity contribution in [2.75, 3.05) is 24.5 Å². The average Bonchev–Trinajstić information content (AvgIpc) is 3.23. The van der Waals surface area contributed by atoms with Crippen LogP contribution in [0.25, 0.3) is 11.5 Å². The molecule has 7 nitrogen and oxygen atoms in total. The number of anilines is 1. The summed E-state index contributed by atoms with van der Waals surface area (Å²) in [5.74, 6) is 1.34. The fraction of sp³-hybridized carbons (Fsp3) is 0.455. The summed E-state index contributed by atoms with van der Waals surface area (Å²) >= 11 is 6.07. The molecule has 11 heteroatoms.